The van der Waals surface area contributed by atoms with Crippen molar-refractivity contribution in [2.75, 3.05) is 13.6 Å². The van der Waals surface area contributed by atoms with Gasteiger partial charge in [-0.2, -0.15) is 0 Å². The molecule has 0 aliphatic heterocycles. The Hall–Kier alpha value is -2.44. The summed E-state index contributed by atoms with van der Waals surface area (Å²) in [5.41, 5.74) is 1.54. The van der Waals surface area contributed by atoms with Gasteiger partial charge in [-0.15, -0.1) is 0 Å². The second kappa shape index (κ2) is 7.85. The molecule has 2 aromatic rings. The molecule has 0 heterocycles. The zero-order chi connectivity index (χ0) is 18.6. The Morgan fingerprint density at radius 1 is 1.12 bits per heavy atom. The zero-order valence-corrected chi connectivity index (χ0v) is 15.4. The monoisotopic (exact) mass is 370 g/mol. The Morgan fingerprint density at radius 3 is 2.38 bits per heavy atom. The van der Waals surface area contributed by atoms with Crippen LogP contribution >= 0.6 is 0 Å². The summed E-state index contributed by atoms with van der Waals surface area (Å²) >= 11 is 0. The maximum absolute atomic E-state index is 12.5. The third kappa shape index (κ3) is 4.80. The number of hydrogen-bond acceptors (Lipinski definition) is 3. The van der Waals surface area contributed by atoms with E-state index in [0.29, 0.717) is 12.1 Å². The molecule has 0 aromatic heterocycles. The Morgan fingerprint density at radius 2 is 1.77 bits per heavy atom. The van der Waals surface area contributed by atoms with Crippen LogP contribution in [0.1, 0.15) is 28.8 Å². The van der Waals surface area contributed by atoms with Crippen LogP contribution in [0.15, 0.2) is 65.6 Å². The van der Waals surface area contributed by atoms with Crippen molar-refractivity contribution in [3.8, 4) is 0 Å². The van der Waals surface area contributed by atoms with E-state index < -0.39 is 10.0 Å². The minimum atomic E-state index is -3.49. The number of rotatable bonds is 7. The Labute approximate surface area is 154 Å². The predicted molar refractivity (Wildman–Crippen MR) is 102 cm³/mol. The van der Waals surface area contributed by atoms with Crippen LogP contribution in [0.2, 0.25) is 0 Å². The SMILES string of the molecule is CN(C/C=C/c1ccccc1)C(=O)c1ccc(S(=O)(=O)NC2CC2)cc1. The lowest BCUT2D eigenvalue weighted by Gasteiger charge is -2.15. The van der Waals surface area contributed by atoms with E-state index in [-0.39, 0.29) is 16.8 Å². The first-order valence-corrected chi connectivity index (χ1v) is 10.0. The van der Waals surface area contributed by atoms with Crippen LogP contribution in [-0.2, 0) is 10.0 Å². The molecule has 6 heteroatoms. The summed E-state index contributed by atoms with van der Waals surface area (Å²) < 4.78 is 26.9. The molecule has 0 bridgehead atoms. The average molecular weight is 370 g/mol. The van der Waals surface area contributed by atoms with Gasteiger partial charge in [0, 0.05) is 25.2 Å². The first-order chi connectivity index (χ1) is 12.5. The van der Waals surface area contributed by atoms with Gasteiger partial charge in [0.05, 0.1) is 4.90 Å². The molecular weight excluding hydrogens is 348 g/mol. The van der Waals surface area contributed by atoms with Gasteiger partial charge < -0.3 is 4.90 Å². The molecule has 26 heavy (non-hydrogen) atoms. The number of sulfonamides is 1. The third-order valence-corrected chi connectivity index (χ3v) is 5.68. The quantitative estimate of drug-likeness (QED) is 0.815. The predicted octanol–water partition coefficient (Wildman–Crippen LogP) is 2.91. The summed E-state index contributed by atoms with van der Waals surface area (Å²) in [7, 11) is -1.77. The molecule has 1 aliphatic rings. The second-order valence-corrected chi connectivity index (χ2v) is 8.13. The van der Waals surface area contributed by atoms with Crippen molar-refractivity contribution >= 4 is 22.0 Å². The molecule has 0 unspecified atom stereocenters. The number of carbonyl (C=O) groups is 1. The van der Waals surface area contributed by atoms with Crippen molar-refractivity contribution in [1.82, 2.24) is 9.62 Å². The van der Waals surface area contributed by atoms with Crippen LogP contribution in [0.4, 0.5) is 0 Å². The molecule has 0 radical (unpaired) electrons. The fraction of sp³-hybridized carbons (Fsp3) is 0.250. The molecule has 1 amide bonds. The minimum Gasteiger partial charge on any atom is -0.338 e. The van der Waals surface area contributed by atoms with Gasteiger partial charge in [0.15, 0.2) is 0 Å². The van der Waals surface area contributed by atoms with E-state index in [2.05, 4.69) is 4.72 Å². The molecule has 1 saturated carbocycles. The van der Waals surface area contributed by atoms with Gasteiger partial charge >= 0.3 is 0 Å². The fourth-order valence-electron chi connectivity index (χ4n) is 2.48. The lowest BCUT2D eigenvalue weighted by molar-refractivity contribution is 0.0810. The maximum atomic E-state index is 12.5. The Kier molecular flexibility index (Phi) is 5.54. The first-order valence-electron chi connectivity index (χ1n) is 8.55. The van der Waals surface area contributed by atoms with Gasteiger partial charge in [0.25, 0.3) is 5.91 Å². The number of likely N-dealkylation sites (N-methyl/N-ethyl adjacent to an activating group) is 1. The number of carbonyl (C=O) groups excluding carboxylic acids is 1. The van der Waals surface area contributed by atoms with Crippen molar-refractivity contribution in [2.24, 2.45) is 0 Å². The number of benzene rings is 2. The highest BCUT2D eigenvalue weighted by atomic mass is 32.2. The summed E-state index contributed by atoms with van der Waals surface area (Å²) in [6, 6.07) is 16.0. The molecule has 0 spiro atoms. The highest BCUT2D eigenvalue weighted by molar-refractivity contribution is 7.89. The summed E-state index contributed by atoms with van der Waals surface area (Å²) in [5.74, 6) is -0.151. The molecule has 3 rings (SSSR count). The van der Waals surface area contributed by atoms with Crippen molar-refractivity contribution in [3.05, 3.63) is 71.8 Å². The number of nitrogens with one attached hydrogen (secondary N) is 1. The van der Waals surface area contributed by atoms with E-state index in [1.54, 1.807) is 24.1 Å². The summed E-state index contributed by atoms with van der Waals surface area (Å²) in [6.45, 7) is 0.469. The lowest BCUT2D eigenvalue weighted by Crippen LogP contribution is -2.27. The van der Waals surface area contributed by atoms with Gasteiger partial charge in [-0.25, -0.2) is 13.1 Å². The average Bonchev–Trinajstić information content (AvgIpc) is 3.45. The summed E-state index contributed by atoms with van der Waals surface area (Å²) in [5, 5.41) is 0. The van der Waals surface area contributed by atoms with Gasteiger partial charge in [-0.05, 0) is 42.7 Å². The standard InChI is InChI=1S/C20H22N2O3S/c1-22(15-5-8-16-6-3-2-4-7-16)20(23)17-9-13-19(14-10-17)26(24,25)21-18-11-12-18/h2-10,13-14,18,21H,11-12,15H2,1H3/b8-5+. The van der Waals surface area contributed by atoms with E-state index in [1.165, 1.54) is 12.1 Å². The molecule has 136 valence electrons. The largest absolute Gasteiger partial charge is 0.338 e. The molecule has 1 aliphatic carbocycles. The van der Waals surface area contributed by atoms with E-state index in [9.17, 15) is 13.2 Å². The molecule has 1 fully saturated rings. The summed E-state index contributed by atoms with van der Waals surface area (Å²) in [6.07, 6.45) is 5.66. The third-order valence-electron chi connectivity index (χ3n) is 4.15. The number of nitrogens with zero attached hydrogens (tertiary/aromatic N) is 1. The Bertz CT molecular complexity index is 886. The van der Waals surface area contributed by atoms with Gasteiger partial charge in [-0.1, -0.05) is 42.5 Å². The molecule has 0 atom stereocenters. The lowest BCUT2D eigenvalue weighted by atomic mass is 10.2. The second-order valence-electron chi connectivity index (χ2n) is 6.42. The molecule has 1 N–H and O–H groups in total. The van der Waals surface area contributed by atoms with Gasteiger partial charge in [0.2, 0.25) is 10.0 Å². The van der Waals surface area contributed by atoms with Crippen molar-refractivity contribution in [2.45, 2.75) is 23.8 Å². The van der Waals surface area contributed by atoms with Crippen LogP contribution in [-0.4, -0.2) is 38.9 Å². The molecular formula is C20H22N2O3S. The van der Waals surface area contributed by atoms with Crippen LogP contribution in [0.3, 0.4) is 0 Å². The van der Waals surface area contributed by atoms with E-state index >= 15 is 0 Å². The molecule has 2 aromatic carbocycles. The van der Waals surface area contributed by atoms with Crippen molar-refractivity contribution in [1.29, 1.82) is 0 Å². The maximum Gasteiger partial charge on any atom is 0.253 e. The van der Waals surface area contributed by atoms with Crippen LogP contribution in [0.5, 0.6) is 0 Å². The first kappa shape index (κ1) is 18.4. The zero-order valence-electron chi connectivity index (χ0n) is 14.6. The normalized spacial score (nSPS) is 14.5. The van der Waals surface area contributed by atoms with Gasteiger partial charge in [-0.3, -0.25) is 4.79 Å². The van der Waals surface area contributed by atoms with E-state index in [0.717, 1.165) is 18.4 Å². The van der Waals surface area contributed by atoms with Crippen LogP contribution < -0.4 is 4.72 Å². The van der Waals surface area contributed by atoms with E-state index in [4.69, 9.17) is 0 Å². The highest BCUT2D eigenvalue weighted by Gasteiger charge is 2.28. The topological polar surface area (TPSA) is 66.5 Å². The highest BCUT2D eigenvalue weighted by Crippen LogP contribution is 2.22. The van der Waals surface area contributed by atoms with Crippen LogP contribution in [0, 0.1) is 0 Å². The number of hydrogen-bond donors (Lipinski definition) is 1. The van der Waals surface area contributed by atoms with Gasteiger partial charge in [0.1, 0.15) is 0 Å². The number of amides is 1. The van der Waals surface area contributed by atoms with E-state index in [1.807, 2.05) is 42.5 Å². The minimum absolute atomic E-state index is 0.0591. The smallest absolute Gasteiger partial charge is 0.253 e. The van der Waals surface area contributed by atoms with Crippen LogP contribution in [0.25, 0.3) is 6.08 Å². The van der Waals surface area contributed by atoms with Crippen molar-refractivity contribution in [3.63, 3.8) is 0 Å². The molecule has 0 saturated heterocycles. The Balaban J connectivity index is 1.61. The summed E-state index contributed by atoms with van der Waals surface area (Å²) in [4.78, 5) is 14.2. The van der Waals surface area contributed by atoms with Crippen molar-refractivity contribution < 1.29 is 13.2 Å². The molecule has 5 nitrogen and oxygen atoms in total. The fourth-order valence-corrected chi connectivity index (χ4v) is 3.78.